The van der Waals surface area contributed by atoms with Crippen molar-refractivity contribution in [3.63, 3.8) is 0 Å². The molecular weight excluding hydrogens is 580 g/mol. The molecule has 1 aliphatic heterocycles. The molecule has 0 saturated heterocycles. The molecule has 0 aliphatic carbocycles. The first-order chi connectivity index (χ1) is 22.7. The molecular formula is C41H58N4O2. The topological polar surface area (TPSA) is 60.2 Å². The van der Waals surface area contributed by atoms with Gasteiger partial charge < -0.3 is 4.74 Å². The second kappa shape index (κ2) is 17.6. The number of aromatic nitrogens is 3. The van der Waals surface area contributed by atoms with Gasteiger partial charge in [0.15, 0.2) is 11.6 Å². The van der Waals surface area contributed by atoms with E-state index < -0.39 is 0 Å². The SMILES string of the molecule is CCCCCCCC(C)N1CCc2c(ccc(CO/C(CC)=C(/C=C\C(C)C)c3cccc(-n4ncc(C(C)=O)c4CC)n3)c2C)C1. The second-order valence-corrected chi connectivity index (χ2v) is 13.5. The molecule has 0 saturated carbocycles. The van der Waals surface area contributed by atoms with Crippen LogP contribution >= 0.6 is 0 Å². The van der Waals surface area contributed by atoms with E-state index in [2.05, 4.69) is 75.8 Å². The van der Waals surface area contributed by atoms with Crippen LogP contribution in [0.25, 0.3) is 11.4 Å². The monoisotopic (exact) mass is 638 g/mol. The van der Waals surface area contributed by atoms with E-state index in [1.54, 1.807) is 17.8 Å². The first kappa shape index (κ1) is 36.3. The van der Waals surface area contributed by atoms with Crippen molar-refractivity contribution in [3.8, 4) is 5.82 Å². The standard InChI is InChI=1S/C41H58N4O2/c1-9-12-13-14-15-17-30(6)44-25-24-35-31(7)34(22-21-33(35)27-44)28-47-40(11-3)36(23-20-29(4)5)38-18-16-19-41(43-38)45-39(10-2)37(26-42-45)32(8)46/h16,18-23,26,29-30H,9-15,17,24-25,27-28H2,1-8H3/b23-20-,40-36-. The lowest BCUT2D eigenvalue weighted by Crippen LogP contribution is -2.38. The Balaban J connectivity index is 1.55. The fourth-order valence-corrected chi connectivity index (χ4v) is 6.71. The lowest BCUT2D eigenvalue weighted by molar-refractivity contribution is 0.101. The maximum absolute atomic E-state index is 12.2. The molecule has 1 aliphatic rings. The van der Waals surface area contributed by atoms with Crippen molar-refractivity contribution in [2.24, 2.45) is 5.92 Å². The first-order valence-electron chi connectivity index (χ1n) is 18.1. The maximum Gasteiger partial charge on any atom is 0.163 e. The van der Waals surface area contributed by atoms with E-state index in [-0.39, 0.29) is 5.78 Å². The van der Waals surface area contributed by atoms with E-state index in [0.717, 1.165) is 48.7 Å². The van der Waals surface area contributed by atoms with Gasteiger partial charge >= 0.3 is 0 Å². The molecule has 0 amide bonds. The quantitative estimate of drug-likeness (QED) is 0.0637. The molecule has 6 nitrogen and oxygen atoms in total. The fraction of sp³-hybridized carbons (Fsp3) is 0.537. The van der Waals surface area contributed by atoms with Crippen molar-refractivity contribution in [1.29, 1.82) is 0 Å². The molecule has 0 bridgehead atoms. The highest BCUT2D eigenvalue weighted by molar-refractivity contribution is 5.95. The van der Waals surface area contributed by atoms with Gasteiger partial charge in [0, 0.05) is 31.1 Å². The van der Waals surface area contributed by atoms with Crippen LogP contribution in [0.4, 0.5) is 0 Å². The van der Waals surface area contributed by atoms with Crippen LogP contribution in [0.2, 0.25) is 0 Å². The molecule has 3 heterocycles. The smallest absolute Gasteiger partial charge is 0.163 e. The van der Waals surface area contributed by atoms with E-state index in [1.165, 1.54) is 60.8 Å². The lowest BCUT2D eigenvalue weighted by atomic mass is 9.91. The number of ketones is 1. The number of benzene rings is 1. The molecule has 1 unspecified atom stereocenters. The zero-order valence-corrected chi connectivity index (χ0v) is 30.4. The predicted molar refractivity (Wildman–Crippen MR) is 195 cm³/mol. The van der Waals surface area contributed by atoms with Gasteiger partial charge in [0.05, 0.1) is 23.1 Å². The molecule has 2 aromatic heterocycles. The Hall–Kier alpha value is -3.51. The number of hydrogen-bond acceptors (Lipinski definition) is 5. The predicted octanol–water partition coefficient (Wildman–Crippen LogP) is 10.00. The Morgan fingerprint density at radius 3 is 2.53 bits per heavy atom. The summed E-state index contributed by atoms with van der Waals surface area (Å²) in [5.74, 6) is 2.02. The van der Waals surface area contributed by atoms with Crippen molar-refractivity contribution in [2.75, 3.05) is 6.54 Å². The van der Waals surface area contributed by atoms with Crippen LogP contribution in [0.5, 0.6) is 0 Å². The zero-order chi connectivity index (χ0) is 33.9. The number of carbonyl (C=O) groups is 1. The number of unbranched alkanes of at least 4 members (excludes halogenated alkanes) is 4. The third kappa shape index (κ3) is 9.31. The molecule has 1 aromatic carbocycles. The van der Waals surface area contributed by atoms with Gasteiger partial charge in [0.2, 0.25) is 0 Å². The van der Waals surface area contributed by atoms with Crippen molar-refractivity contribution in [1.82, 2.24) is 19.7 Å². The van der Waals surface area contributed by atoms with E-state index in [0.29, 0.717) is 36.4 Å². The Labute approximate surface area is 284 Å². The normalized spacial score (nSPS) is 14.8. The third-order valence-electron chi connectivity index (χ3n) is 9.66. The van der Waals surface area contributed by atoms with Crippen LogP contribution in [0.1, 0.15) is 137 Å². The van der Waals surface area contributed by atoms with Gasteiger partial charge in [-0.05, 0) is 80.3 Å². The number of Topliss-reactive ketones (excluding diaryl/α,β-unsaturated/α-hetero) is 1. The Kier molecular flexibility index (Phi) is 13.6. The third-order valence-corrected chi connectivity index (χ3v) is 9.66. The zero-order valence-electron chi connectivity index (χ0n) is 30.4. The van der Waals surface area contributed by atoms with Gasteiger partial charge in [-0.2, -0.15) is 5.10 Å². The number of carbonyl (C=O) groups excluding carboxylic acids is 1. The molecule has 4 rings (SSSR count). The minimum Gasteiger partial charge on any atom is -0.493 e. The Morgan fingerprint density at radius 1 is 1.04 bits per heavy atom. The van der Waals surface area contributed by atoms with Crippen LogP contribution in [-0.2, 0) is 30.7 Å². The van der Waals surface area contributed by atoms with Crippen molar-refractivity contribution in [3.05, 3.63) is 93.6 Å². The number of allylic oxidation sites excluding steroid dienone is 4. The molecule has 0 fully saturated rings. The van der Waals surface area contributed by atoms with Gasteiger partial charge in [0.1, 0.15) is 12.4 Å². The number of rotatable bonds is 17. The molecule has 47 heavy (non-hydrogen) atoms. The number of nitrogens with zero attached hydrogens (tertiary/aromatic N) is 4. The minimum absolute atomic E-state index is 0.0175. The molecule has 0 spiro atoms. The summed E-state index contributed by atoms with van der Waals surface area (Å²) in [5, 5.41) is 4.54. The number of hydrogen-bond donors (Lipinski definition) is 0. The molecule has 254 valence electrons. The van der Waals surface area contributed by atoms with Gasteiger partial charge in [-0.25, -0.2) is 9.67 Å². The van der Waals surface area contributed by atoms with Crippen LogP contribution in [-0.4, -0.2) is 38.0 Å². The highest BCUT2D eigenvalue weighted by atomic mass is 16.5. The van der Waals surface area contributed by atoms with Gasteiger partial charge in [0.25, 0.3) is 0 Å². The van der Waals surface area contributed by atoms with E-state index in [4.69, 9.17) is 9.72 Å². The van der Waals surface area contributed by atoms with Crippen molar-refractivity contribution < 1.29 is 9.53 Å². The fourth-order valence-electron chi connectivity index (χ4n) is 6.71. The molecule has 1 atom stereocenters. The van der Waals surface area contributed by atoms with Gasteiger partial charge in [-0.3, -0.25) is 9.69 Å². The second-order valence-electron chi connectivity index (χ2n) is 13.5. The summed E-state index contributed by atoms with van der Waals surface area (Å²) < 4.78 is 8.46. The average Bonchev–Trinajstić information content (AvgIpc) is 3.51. The van der Waals surface area contributed by atoms with Crippen LogP contribution in [0, 0.1) is 12.8 Å². The van der Waals surface area contributed by atoms with E-state index in [1.807, 2.05) is 25.1 Å². The van der Waals surface area contributed by atoms with Crippen LogP contribution in [0.3, 0.4) is 0 Å². The summed E-state index contributed by atoms with van der Waals surface area (Å²) in [4.78, 5) is 19.9. The molecule has 0 N–H and O–H groups in total. The van der Waals surface area contributed by atoms with E-state index >= 15 is 0 Å². The van der Waals surface area contributed by atoms with Crippen LogP contribution < -0.4 is 0 Å². The summed E-state index contributed by atoms with van der Waals surface area (Å²) in [7, 11) is 0. The van der Waals surface area contributed by atoms with Crippen LogP contribution in [0.15, 0.2) is 54.4 Å². The summed E-state index contributed by atoms with van der Waals surface area (Å²) in [6, 6.07) is 11.2. The minimum atomic E-state index is 0.0175. The maximum atomic E-state index is 12.2. The van der Waals surface area contributed by atoms with Crippen molar-refractivity contribution in [2.45, 2.75) is 132 Å². The highest BCUT2D eigenvalue weighted by Gasteiger charge is 2.23. The summed E-state index contributed by atoms with van der Waals surface area (Å²) >= 11 is 0. The highest BCUT2D eigenvalue weighted by Crippen LogP contribution is 2.30. The summed E-state index contributed by atoms with van der Waals surface area (Å²) in [5.41, 5.74) is 8.94. The molecule has 0 radical (unpaired) electrons. The lowest BCUT2D eigenvalue weighted by Gasteiger charge is -2.35. The number of ether oxygens (including phenoxy) is 1. The van der Waals surface area contributed by atoms with Gasteiger partial charge in [-0.1, -0.05) is 97.1 Å². The van der Waals surface area contributed by atoms with Crippen molar-refractivity contribution >= 4 is 11.4 Å². The summed E-state index contributed by atoms with van der Waals surface area (Å²) in [6.45, 7) is 19.8. The Morgan fingerprint density at radius 2 is 1.83 bits per heavy atom. The number of pyridine rings is 1. The summed E-state index contributed by atoms with van der Waals surface area (Å²) in [6.07, 6.45) is 16.6. The number of fused-ring (bicyclic) bond motifs is 1. The average molecular weight is 639 g/mol. The molecule has 3 aromatic rings. The van der Waals surface area contributed by atoms with Gasteiger partial charge in [-0.15, -0.1) is 0 Å². The largest absolute Gasteiger partial charge is 0.493 e. The van der Waals surface area contributed by atoms with E-state index in [9.17, 15) is 4.79 Å². The molecule has 6 heteroatoms. The Bertz CT molecular complexity index is 1550. The first-order valence-corrected chi connectivity index (χ1v) is 18.1.